The third-order valence-electron chi connectivity index (χ3n) is 2.92. The first kappa shape index (κ1) is 12.5. The van der Waals surface area contributed by atoms with Crippen molar-refractivity contribution in [1.82, 2.24) is 0 Å². The molecule has 0 saturated heterocycles. The second kappa shape index (κ2) is 5.58. The van der Waals surface area contributed by atoms with Gasteiger partial charge in [-0.05, 0) is 35.7 Å². The van der Waals surface area contributed by atoms with E-state index in [1.54, 1.807) is 0 Å². The Kier molecular flexibility index (Phi) is 3.88. The number of amides is 1. The molecule has 2 aromatic rings. The molecule has 92 valence electrons. The van der Waals surface area contributed by atoms with Crippen LogP contribution in [0.25, 0.3) is 10.8 Å². The molecule has 2 nitrogen and oxygen atoms in total. The lowest BCUT2D eigenvalue weighted by molar-refractivity contribution is -0.117. The van der Waals surface area contributed by atoms with Crippen LogP contribution in [-0.2, 0) is 4.79 Å². The summed E-state index contributed by atoms with van der Waals surface area (Å²) in [7, 11) is 0. The number of benzene rings is 2. The molecule has 0 heterocycles. The highest BCUT2D eigenvalue weighted by atomic mass is 16.1. The summed E-state index contributed by atoms with van der Waals surface area (Å²) in [4.78, 5) is 15.6. The number of rotatable bonds is 3. The van der Waals surface area contributed by atoms with Gasteiger partial charge in [0.25, 0.3) is 0 Å². The lowest BCUT2D eigenvalue weighted by atomic mass is 10.0. The number of carbonyl (C=O) groups is 1. The van der Waals surface area contributed by atoms with E-state index in [1.807, 2.05) is 32.0 Å². The first-order chi connectivity index (χ1) is 8.70. The fraction of sp³-hybridized carbons (Fsp3) is 0.250. The van der Waals surface area contributed by atoms with Crippen molar-refractivity contribution in [3.05, 3.63) is 48.0 Å². The number of nitrogens with zero attached hydrogens (tertiary/aromatic N) is 1. The van der Waals surface area contributed by atoms with E-state index in [2.05, 4.69) is 29.3 Å². The van der Waals surface area contributed by atoms with Crippen LogP contribution in [0.1, 0.15) is 32.3 Å². The van der Waals surface area contributed by atoms with E-state index in [9.17, 15) is 4.79 Å². The van der Waals surface area contributed by atoms with Gasteiger partial charge in [-0.1, -0.05) is 43.3 Å². The summed E-state index contributed by atoms with van der Waals surface area (Å²) in [5.41, 5.74) is 1.80. The van der Waals surface area contributed by atoms with Gasteiger partial charge in [-0.15, -0.1) is 0 Å². The Morgan fingerprint density at radius 3 is 2.56 bits per heavy atom. The zero-order valence-corrected chi connectivity index (χ0v) is 10.8. The van der Waals surface area contributed by atoms with Crippen LogP contribution in [0, 0.1) is 0 Å². The van der Waals surface area contributed by atoms with E-state index in [0.717, 1.165) is 17.7 Å². The van der Waals surface area contributed by atoms with Gasteiger partial charge in [0.15, 0.2) is 0 Å². The van der Waals surface area contributed by atoms with E-state index in [-0.39, 0.29) is 5.91 Å². The van der Waals surface area contributed by atoms with Crippen LogP contribution in [0.3, 0.4) is 0 Å². The van der Waals surface area contributed by atoms with Crippen LogP contribution in [0.5, 0.6) is 0 Å². The largest absolute Gasteiger partial charge is 0.273 e. The summed E-state index contributed by atoms with van der Waals surface area (Å²) in [5, 5.41) is 2.38. The Bertz CT molecular complexity index is 599. The molecule has 0 saturated carbocycles. The van der Waals surface area contributed by atoms with Crippen molar-refractivity contribution in [3.8, 4) is 0 Å². The molecule has 0 radical (unpaired) electrons. The van der Waals surface area contributed by atoms with Crippen molar-refractivity contribution >= 4 is 22.4 Å². The minimum atomic E-state index is -0.0387. The first-order valence-electron chi connectivity index (χ1n) is 6.28. The molecular formula is C16H17NO. The van der Waals surface area contributed by atoms with Gasteiger partial charge in [0.05, 0.1) is 0 Å². The van der Waals surface area contributed by atoms with Gasteiger partial charge >= 0.3 is 0 Å². The van der Waals surface area contributed by atoms with Gasteiger partial charge in [0, 0.05) is 12.1 Å². The molecule has 0 unspecified atom stereocenters. The maximum absolute atomic E-state index is 11.5. The predicted molar refractivity (Wildman–Crippen MR) is 76.1 cm³/mol. The van der Waals surface area contributed by atoms with Crippen LogP contribution >= 0.6 is 0 Å². The molecular weight excluding hydrogens is 222 g/mol. The van der Waals surface area contributed by atoms with Gasteiger partial charge in [0.1, 0.15) is 0 Å². The fourth-order valence-corrected chi connectivity index (χ4v) is 1.94. The van der Waals surface area contributed by atoms with Crippen molar-refractivity contribution in [2.45, 2.75) is 26.7 Å². The van der Waals surface area contributed by atoms with Crippen molar-refractivity contribution in [1.29, 1.82) is 0 Å². The molecule has 1 amide bonds. The zero-order chi connectivity index (χ0) is 13.0. The summed E-state index contributed by atoms with van der Waals surface area (Å²) >= 11 is 0. The topological polar surface area (TPSA) is 29.4 Å². The summed E-state index contributed by atoms with van der Waals surface area (Å²) in [6.07, 6.45) is 1.36. The molecule has 2 rings (SSSR count). The lowest BCUT2D eigenvalue weighted by Gasteiger charge is -2.03. The number of hydrogen-bond donors (Lipinski definition) is 0. The van der Waals surface area contributed by atoms with Gasteiger partial charge in [0.2, 0.25) is 5.91 Å². The average Bonchev–Trinajstić information content (AvgIpc) is 2.38. The minimum absolute atomic E-state index is 0.0387. The summed E-state index contributed by atoms with van der Waals surface area (Å²) in [6, 6.07) is 14.3. The Morgan fingerprint density at radius 1 is 1.11 bits per heavy atom. The maximum Gasteiger partial charge on any atom is 0.245 e. The number of fused-ring (bicyclic) bond motifs is 1. The van der Waals surface area contributed by atoms with Crippen LogP contribution in [0.2, 0.25) is 0 Å². The van der Waals surface area contributed by atoms with E-state index in [1.165, 1.54) is 10.8 Å². The molecule has 0 N–H and O–H groups in total. The molecule has 0 fully saturated rings. The van der Waals surface area contributed by atoms with Crippen molar-refractivity contribution in [2.24, 2.45) is 4.99 Å². The Balaban J connectivity index is 2.33. The number of hydrogen-bond acceptors (Lipinski definition) is 1. The SMILES string of the molecule is CCCC(=O)N=C(C)c1ccc2ccccc2c1. The van der Waals surface area contributed by atoms with E-state index < -0.39 is 0 Å². The monoisotopic (exact) mass is 239 g/mol. The maximum atomic E-state index is 11.5. The van der Waals surface area contributed by atoms with Crippen LogP contribution in [0.15, 0.2) is 47.5 Å². The number of carbonyl (C=O) groups excluding carboxylic acids is 1. The molecule has 0 aliphatic carbocycles. The molecule has 0 aliphatic rings. The summed E-state index contributed by atoms with van der Waals surface area (Å²) in [6.45, 7) is 3.87. The van der Waals surface area contributed by atoms with Crippen molar-refractivity contribution in [3.63, 3.8) is 0 Å². The Hall–Kier alpha value is -1.96. The molecule has 0 atom stereocenters. The minimum Gasteiger partial charge on any atom is -0.273 e. The third-order valence-corrected chi connectivity index (χ3v) is 2.92. The molecule has 2 aromatic carbocycles. The number of aliphatic imine (C=N–C) groups is 1. The van der Waals surface area contributed by atoms with Crippen LogP contribution in [-0.4, -0.2) is 11.6 Å². The smallest absolute Gasteiger partial charge is 0.245 e. The molecule has 18 heavy (non-hydrogen) atoms. The van der Waals surface area contributed by atoms with E-state index in [4.69, 9.17) is 0 Å². The standard InChI is InChI=1S/C16H17NO/c1-3-6-16(18)17-12(2)14-10-9-13-7-4-5-8-15(13)11-14/h4-5,7-11H,3,6H2,1-2H3. The normalized spacial score (nSPS) is 11.8. The van der Waals surface area contributed by atoms with Gasteiger partial charge in [-0.3, -0.25) is 4.79 Å². The van der Waals surface area contributed by atoms with Crippen LogP contribution in [0.4, 0.5) is 0 Å². The Morgan fingerprint density at radius 2 is 1.83 bits per heavy atom. The zero-order valence-electron chi connectivity index (χ0n) is 10.8. The summed E-state index contributed by atoms with van der Waals surface area (Å²) < 4.78 is 0. The first-order valence-corrected chi connectivity index (χ1v) is 6.28. The van der Waals surface area contributed by atoms with Crippen molar-refractivity contribution in [2.75, 3.05) is 0 Å². The van der Waals surface area contributed by atoms with Crippen molar-refractivity contribution < 1.29 is 4.79 Å². The highest BCUT2D eigenvalue weighted by Gasteiger charge is 2.02. The third kappa shape index (κ3) is 2.83. The quantitative estimate of drug-likeness (QED) is 0.745. The summed E-state index contributed by atoms with van der Waals surface area (Å²) in [5.74, 6) is -0.0387. The average molecular weight is 239 g/mol. The van der Waals surface area contributed by atoms with Gasteiger partial charge < -0.3 is 0 Å². The van der Waals surface area contributed by atoms with E-state index >= 15 is 0 Å². The predicted octanol–water partition coefficient (Wildman–Crippen LogP) is 3.98. The van der Waals surface area contributed by atoms with Crippen LogP contribution < -0.4 is 0 Å². The second-order valence-electron chi connectivity index (χ2n) is 4.40. The fourth-order valence-electron chi connectivity index (χ4n) is 1.94. The second-order valence-corrected chi connectivity index (χ2v) is 4.40. The van der Waals surface area contributed by atoms with E-state index in [0.29, 0.717) is 6.42 Å². The highest BCUT2D eigenvalue weighted by Crippen LogP contribution is 2.16. The molecule has 2 heteroatoms. The Labute approximate surface area is 107 Å². The lowest BCUT2D eigenvalue weighted by Crippen LogP contribution is -2.01. The molecule has 0 bridgehead atoms. The molecule has 0 aromatic heterocycles. The molecule has 0 aliphatic heterocycles. The molecule has 0 spiro atoms. The van der Waals surface area contributed by atoms with Gasteiger partial charge in [-0.25, -0.2) is 4.99 Å². The highest BCUT2D eigenvalue weighted by molar-refractivity contribution is 6.06. The van der Waals surface area contributed by atoms with Gasteiger partial charge in [-0.2, -0.15) is 0 Å².